The van der Waals surface area contributed by atoms with E-state index in [2.05, 4.69) is 10.3 Å². The number of halogens is 2. The average molecular weight is 240 g/mol. The van der Waals surface area contributed by atoms with E-state index < -0.39 is 11.6 Å². The van der Waals surface area contributed by atoms with Crippen LogP contribution in [0.5, 0.6) is 0 Å². The SMILES string of the molecule is Fc1cc(F)cc(CNCc2cncs2)c1. The van der Waals surface area contributed by atoms with Gasteiger partial charge in [-0.25, -0.2) is 8.78 Å². The molecule has 0 saturated carbocycles. The van der Waals surface area contributed by atoms with Gasteiger partial charge in [-0.3, -0.25) is 4.98 Å². The van der Waals surface area contributed by atoms with Crippen molar-refractivity contribution in [2.45, 2.75) is 13.1 Å². The highest BCUT2D eigenvalue weighted by molar-refractivity contribution is 7.09. The van der Waals surface area contributed by atoms with Crippen molar-refractivity contribution in [3.8, 4) is 0 Å². The summed E-state index contributed by atoms with van der Waals surface area (Å²) in [6.45, 7) is 1.09. The number of hydrogen-bond donors (Lipinski definition) is 1. The predicted octanol–water partition coefficient (Wildman–Crippen LogP) is 2.71. The molecular weight excluding hydrogens is 230 g/mol. The number of rotatable bonds is 4. The molecule has 2 aromatic rings. The number of hydrogen-bond acceptors (Lipinski definition) is 3. The Labute approximate surface area is 96.0 Å². The zero-order valence-corrected chi connectivity index (χ0v) is 9.23. The monoisotopic (exact) mass is 240 g/mol. The van der Waals surface area contributed by atoms with Crippen LogP contribution >= 0.6 is 11.3 Å². The molecule has 1 N–H and O–H groups in total. The second kappa shape index (κ2) is 5.14. The Morgan fingerprint density at radius 3 is 2.50 bits per heavy atom. The van der Waals surface area contributed by atoms with Crippen LogP contribution in [0.3, 0.4) is 0 Å². The van der Waals surface area contributed by atoms with Crippen molar-refractivity contribution >= 4 is 11.3 Å². The van der Waals surface area contributed by atoms with Crippen LogP contribution in [0.4, 0.5) is 8.78 Å². The summed E-state index contributed by atoms with van der Waals surface area (Å²) in [6, 6.07) is 3.51. The quantitative estimate of drug-likeness (QED) is 0.888. The van der Waals surface area contributed by atoms with Crippen molar-refractivity contribution in [3.63, 3.8) is 0 Å². The lowest BCUT2D eigenvalue weighted by Gasteiger charge is -2.03. The van der Waals surface area contributed by atoms with Crippen molar-refractivity contribution in [2.24, 2.45) is 0 Å². The average Bonchev–Trinajstić information content (AvgIpc) is 2.69. The maximum atomic E-state index is 12.9. The van der Waals surface area contributed by atoms with E-state index in [1.54, 1.807) is 23.0 Å². The number of aromatic nitrogens is 1. The summed E-state index contributed by atoms with van der Waals surface area (Å²) in [6.07, 6.45) is 1.77. The smallest absolute Gasteiger partial charge is 0.126 e. The molecule has 0 saturated heterocycles. The first-order valence-corrected chi connectivity index (χ1v) is 5.65. The highest BCUT2D eigenvalue weighted by atomic mass is 32.1. The van der Waals surface area contributed by atoms with Gasteiger partial charge in [-0.1, -0.05) is 0 Å². The molecule has 1 heterocycles. The van der Waals surface area contributed by atoms with Gasteiger partial charge in [0, 0.05) is 30.2 Å². The van der Waals surface area contributed by atoms with Gasteiger partial charge in [0.2, 0.25) is 0 Å². The molecule has 16 heavy (non-hydrogen) atoms. The molecule has 0 amide bonds. The molecule has 0 aliphatic heterocycles. The minimum atomic E-state index is -0.547. The summed E-state index contributed by atoms with van der Waals surface area (Å²) in [7, 11) is 0. The van der Waals surface area contributed by atoms with Crippen molar-refractivity contribution < 1.29 is 8.78 Å². The Hall–Kier alpha value is -1.33. The van der Waals surface area contributed by atoms with E-state index >= 15 is 0 Å². The topological polar surface area (TPSA) is 24.9 Å². The van der Waals surface area contributed by atoms with Crippen molar-refractivity contribution in [1.82, 2.24) is 10.3 Å². The van der Waals surface area contributed by atoms with E-state index in [1.165, 1.54) is 12.1 Å². The van der Waals surface area contributed by atoms with Gasteiger partial charge in [-0.05, 0) is 17.7 Å². The van der Waals surface area contributed by atoms with Crippen LogP contribution in [0.1, 0.15) is 10.4 Å². The highest BCUT2D eigenvalue weighted by Gasteiger charge is 2.00. The van der Waals surface area contributed by atoms with Crippen LogP contribution in [0.15, 0.2) is 29.9 Å². The van der Waals surface area contributed by atoms with E-state index in [4.69, 9.17) is 0 Å². The molecular formula is C11H10F2N2S. The van der Waals surface area contributed by atoms with E-state index in [0.717, 1.165) is 10.9 Å². The van der Waals surface area contributed by atoms with Crippen LogP contribution < -0.4 is 5.32 Å². The Bertz CT molecular complexity index is 437. The van der Waals surface area contributed by atoms with E-state index in [9.17, 15) is 8.78 Å². The summed E-state index contributed by atoms with van der Waals surface area (Å²) in [4.78, 5) is 5.03. The van der Waals surface area contributed by atoms with Gasteiger partial charge in [0.25, 0.3) is 0 Å². The second-order valence-corrected chi connectivity index (χ2v) is 4.32. The minimum Gasteiger partial charge on any atom is -0.308 e. The fraction of sp³-hybridized carbons (Fsp3) is 0.182. The third kappa shape index (κ3) is 3.08. The molecule has 2 rings (SSSR count). The molecule has 5 heteroatoms. The predicted molar refractivity (Wildman–Crippen MR) is 59.0 cm³/mol. The summed E-state index contributed by atoms with van der Waals surface area (Å²) in [5.74, 6) is -1.09. The second-order valence-electron chi connectivity index (χ2n) is 3.35. The van der Waals surface area contributed by atoms with Gasteiger partial charge < -0.3 is 5.32 Å². The van der Waals surface area contributed by atoms with E-state index in [1.807, 2.05) is 0 Å². The molecule has 0 fully saturated rings. The molecule has 0 spiro atoms. The number of nitrogens with one attached hydrogen (secondary N) is 1. The molecule has 0 aliphatic rings. The molecule has 0 radical (unpaired) electrons. The third-order valence-electron chi connectivity index (χ3n) is 2.03. The molecule has 1 aromatic heterocycles. The van der Waals surface area contributed by atoms with Gasteiger partial charge in [0.1, 0.15) is 11.6 Å². The molecule has 84 valence electrons. The standard InChI is InChI=1S/C11H10F2N2S/c12-9-1-8(2-10(13)3-9)4-14-5-11-6-15-7-16-11/h1-3,6-7,14H,4-5H2. The largest absolute Gasteiger partial charge is 0.308 e. The van der Waals surface area contributed by atoms with Gasteiger partial charge >= 0.3 is 0 Å². The van der Waals surface area contributed by atoms with E-state index in [0.29, 0.717) is 18.7 Å². The number of thiazole rings is 1. The molecule has 1 aromatic carbocycles. The van der Waals surface area contributed by atoms with Gasteiger partial charge in [0.05, 0.1) is 5.51 Å². The Morgan fingerprint density at radius 2 is 1.88 bits per heavy atom. The van der Waals surface area contributed by atoms with Crippen LogP contribution in [0.2, 0.25) is 0 Å². The first-order chi connectivity index (χ1) is 7.74. The summed E-state index contributed by atoms with van der Waals surface area (Å²) >= 11 is 1.54. The van der Waals surface area contributed by atoms with Crippen LogP contribution in [-0.2, 0) is 13.1 Å². The molecule has 0 unspecified atom stereocenters. The molecule has 2 nitrogen and oxygen atoms in total. The zero-order chi connectivity index (χ0) is 11.4. The Balaban J connectivity index is 1.89. The highest BCUT2D eigenvalue weighted by Crippen LogP contribution is 2.09. The Morgan fingerprint density at radius 1 is 1.12 bits per heavy atom. The van der Waals surface area contributed by atoms with E-state index in [-0.39, 0.29) is 0 Å². The first kappa shape index (κ1) is 11.2. The normalized spacial score (nSPS) is 10.6. The van der Waals surface area contributed by atoms with Crippen molar-refractivity contribution in [1.29, 1.82) is 0 Å². The summed E-state index contributed by atoms with van der Waals surface area (Å²) in [5.41, 5.74) is 2.35. The molecule has 0 atom stereocenters. The lowest BCUT2D eigenvalue weighted by atomic mass is 10.2. The molecule has 0 aliphatic carbocycles. The molecule has 0 bridgehead atoms. The van der Waals surface area contributed by atoms with Crippen molar-refractivity contribution in [2.75, 3.05) is 0 Å². The zero-order valence-electron chi connectivity index (χ0n) is 8.41. The maximum Gasteiger partial charge on any atom is 0.126 e. The summed E-state index contributed by atoms with van der Waals surface area (Å²) < 4.78 is 25.7. The van der Waals surface area contributed by atoms with Gasteiger partial charge in [-0.15, -0.1) is 11.3 Å². The first-order valence-electron chi connectivity index (χ1n) is 4.77. The Kier molecular flexibility index (Phi) is 3.58. The van der Waals surface area contributed by atoms with Crippen molar-refractivity contribution in [3.05, 3.63) is 52.0 Å². The van der Waals surface area contributed by atoms with Crippen LogP contribution in [0.25, 0.3) is 0 Å². The fourth-order valence-corrected chi connectivity index (χ4v) is 1.94. The van der Waals surface area contributed by atoms with Crippen LogP contribution in [-0.4, -0.2) is 4.98 Å². The van der Waals surface area contributed by atoms with Crippen LogP contribution in [0, 0.1) is 11.6 Å². The van der Waals surface area contributed by atoms with Gasteiger partial charge in [-0.2, -0.15) is 0 Å². The number of benzene rings is 1. The lowest BCUT2D eigenvalue weighted by Crippen LogP contribution is -2.12. The van der Waals surface area contributed by atoms with Gasteiger partial charge in [0.15, 0.2) is 0 Å². The third-order valence-corrected chi connectivity index (χ3v) is 2.81. The minimum absolute atomic E-state index is 0.437. The fourth-order valence-electron chi connectivity index (χ4n) is 1.37. The summed E-state index contributed by atoms with van der Waals surface area (Å²) in [5, 5.41) is 3.10. The lowest BCUT2D eigenvalue weighted by molar-refractivity contribution is 0.575. The number of nitrogens with zero attached hydrogens (tertiary/aromatic N) is 1. The maximum absolute atomic E-state index is 12.9.